The van der Waals surface area contributed by atoms with Crippen LogP contribution in [0.1, 0.15) is 0 Å². The van der Waals surface area contributed by atoms with Crippen LogP contribution in [-0.2, 0) is 0 Å². The summed E-state index contributed by atoms with van der Waals surface area (Å²) in [6.07, 6.45) is 0. The van der Waals surface area contributed by atoms with Gasteiger partial charge in [0, 0.05) is 17.1 Å². The number of ether oxygens (including phenoxy) is 1. The smallest absolute Gasteiger partial charge is 0.256 e. The molecule has 0 unspecified atom stereocenters. The molecule has 0 atom stereocenters. The fourth-order valence-corrected chi connectivity index (χ4v) is 5.17. The minimum atomic E-state index is 0.149. The lowest BCUT2D eigenvalue weighted by Gasteiger charge is -2.40. The average Bonchev–Trinajstić information content (AvgIpc) is 2.83. The van der Waals surface area contributed by atoms with Crippen LogP contribution < -0.4 is 26.0 Å². The summed E-state index contributed by atoms with van der Waals surface area (Å²) in [5.41, 5.74) is 7.36. The van der Waals surface area contributed by atoms with E-state index >= 15 is 0 Å². The maximum Gasteiger partial charge on any atom is 0.256 e. The van der Waals surface area contributed by atoms with Gasteiger partial charge in [0.1, 0.15) is 11.5 Å². The number of hydrogen-bond donors (Lipinski definition) is 0. The Morgan fingerprint density at radius 2 is 1.26 bits per heavy atom. The van der Waals surface area contributed by atoms with E-state index in [1.165, 1.54) is 38.5 Å². The predicted octanol–water partition coefficient (Wildman–Crippen LogP) is 5.24. The molecule has 144 valence electrons. The van der Waals surface area contributed by atoms with Gasteiger partial charge in [-0.1, -0.05) is 72.8 Å². The third kappa shape index (κ3) is 2.35. The number of anilines is 3. The Bertz CT molecular complexity index is 1480. The van der Waals surface area contributed by atoms with Gasteiger partial charge in [-0.15, -0.1) is 0 Å². The van der Waals surface area contributed by atoms with E-state index in [1.54, 1.807) is 0 Å². The van der Waals surface area contributed by atoms with E-state index < -0.39 is 0 Å². The van der Waals surface area contributed by atoms with E-state index in [0.29, 0.717) is 0 Å². The number of nitrogens with zero attached hydrogens (tertiary/aromatic N) is 1. The molecule has 5 aromatic carbocycles. The first-order chi connectivity index (χ1) is 15.4. The molecule has 0 aromatic heterocycles. The van der Waals surface area contributed by atoms with E-state index in [4.69, 9.17) is 4.74 Å². The predicted molar refractivity (Wildman–Crippen MR) is 130 cm³/mol. The number of para-hydroxylation sites is 2. The molecule has 0 bridgehead atoms. The molecule has 2 aliphatic rings. The van der Waals surface area contributed by atoms with Crippen molar-refractivity contribution in [3.63, 3.8) is 0 Å². The van der Waals surface area contributed by atoms with Crippen molar-refractivity contribution in [3.8, 4) is 11.5 Å². The van der Waals surface area contributed by atoms with E-state index in [-0.39, 0.29) is 6.71 Å². The third-order valence-corrected chi connectivity index (χ3v) is 6.48. The van der Waals surface area contributed by atoms with Gasteiger partial charge in [0.2, 0.25) is 0 Å². The molecule has 0 aliphatic carbocycles. The zero-order valence-electron chi connectivity index (χ0n) is 16.8. The van der Waals surface area contributed by atoms with Crippen molar-refractivity contribution in [2.75, 3.05) is 4.90 Å². The standard InChI is InChI=1S/C28H18BNO/c1-2-11-21(12-3-1)30-24-14-7-6-13-22(24)29-23-17-19-9-4-5-10-20(19)18-27(23)31-26-16-8-15-25(30)28(26)29/h1-18H. The quantitative estimate of drug-likeness (QED) is 0.352. The first-order valence-electron chi connectivity index (χ1n) is 10.7. The maximum absolute atomic E-state index is 6.50. The van der Waals surface area contributed by atoms with Gasteiger partial charge >= 0.3 is 0 Å². The molecule has 0 N–H and O–H groups in total. The van der Waals surface area contributed by atoms with Crippen LogP contribution in [0.15, 0.2) is 109 Å². The van der Waals surface area contributed by atoms with Crippen LogP contribution in [0.25, 0.3) is 10.8 Å². The fourth-order valence-electron chi connectivity index (χ4n) is 5.17. The van der Waals surface area contributed by atoms with Gasteiger partial charge in [-0.25, -0.2) is 0 Å². The van der Waals surface area contributed by atoms with Crippen molar-refractivity contribution in [2.24, 2.45) is 0 Å². The monoisotopic (exact) mass is 395 g/mol. The summed E-state index contributed by atoms with van der Waals surface area (Å²) in [6, 6.07) is 38.8. The SMILES string of the molecule is c1ccc(N2c3ccccc3B3c4cc5ccccc5cc4Oc4cccc2c43)cc1. The molecule has 0 radical (unpaired) electrons. The summed E-state index contributed by atoms with van der Waals surface area (Å²) < 4.78 is 6.50. The zero-order valence-corrected chi connectivity index (χ0v) is 16.8. The van der Waals surface area contributed by atoms with Crippen LogP contribution in [0.2, 0.25) is 0 Å². The van der Waals surface area contributed by atoms with Gasteiger partial charge in [0.05, 0.1) is 0 Å². The van der Waals surface area contributed by atoms with Crippen molar-refractivity contribution in [3.05, 3.63) is 109 Å². The van der Waals surface area contributed by atoms with Crippen molar-refractivity contribution >= 4 is 50.9 Å². The summed E-state index contributed by atoms with van der Waals surface area (Å²) >= 11 is 0. The highest BCUT2D eigenvalue weighted by atomic mass is 16.5. The first-order valence-corrected chi connectivity index (χ1v) is 10.7. The van der Waals surface area contributed by atoms with Crippen LogP contribution in [0.5, 0.6) is 11.5 Å². The fraction of sp³-hybridized carbons (Fsp3) is 0. The number of hydrogen-bond acceptors (Lipinski definition) is 2. The molecule has 0 saturated heterocycles. The lowest BCUT2D eigenvalue weighted by atomic mass is 9.34. The number of rotatable bonds is 1. The number of benzene rings is 5. The Kier molecular flexibility index (Phi) is 3.39. The minimum absolute atomic E-state index is 0.149. The summed E-state index contributed by atoms with van der Waals surface area (Å²) in [6.45, 7) is 0.149. The topological polar surface area (TPSA) is 12.5 Å². The second-order valence-electron chi connectivity index (χ2n) is 8.19. The van der Waals surface area contributed by atoms with Gasteiger partial charge < -0.3 is 9.64 Å². The van der Waals surface area contributed by atoms with Crippen molar-refractivity contribution < 1.29 is 4.74 Å². The first kappa shape index (κ1) is 16.8. The van der Waals surface area contributed by atoms with Crippen molar-refractivity contribution in [1.29, 1.82) is 0 Å². The Labute approximate surface area is 181 Å². The van der Waals surface area contributed by atoms with Crippen LogP contribution in [0.4, 0.5) is 17.1 Å². The molecule has 5 aromatic rings. The molecular formula is C28H18BNO. The second-order valence-corrected chi connectivity index (χ2v) is 8.19. The largest absolute Gasteiger partial charge is 0.458 e. The molecule has 2 aliphatic heterocycles. The molecule has 3 heteroatoms. The minimum Gasteiger partial charge on any atom is -0.458 e. The van der Waals surface area contributed by atoms with E-state index in [9.17, 15) is 0 Å². The Morgan fingerprint density at radius 3 is 2.13 bits per heavy atom. The molecular weight excluding hydrogens is 377 g/mol. The summed E-state index contributed by atoms with van der Waals surface area (Å²) in [5, 5.41) is 2.45. The Morgan fingerprint density at radius 1 is 0.548 bits per heavy atom. The third-order valence-electron chi connectivity index (χ3n) is 6.48. The highest BCUT2D eigenvalue weighted by molar-refractivity contribution is 6.99. The molecule has 31 heavy (non-hydrogen) atoms. The van der Waals surface area contributed by atoms with E-state index in [1.807, 2.05) is 0 Å². The van der Waals surface area contributed by atoms with Crippen molar-refractivity contribution in [1.82, 2.24) is 0 Å². The molecule has 0 fully saturated rings. The number of fused-ring (bicyclic) bond motifs is 5. The zero-order chi connectivity index (χ0) is 20.4. The summed E-state index contributed by atoms with van der Waals surface area (Å²) in [5.74, 6) is 1.90. The summed E-state index contributed by atoms with van der Waals surface area (Å²) in [4.78, 5) is 2.36. The molecule has 0 saturated carbocycles. The average molecular weight is 395 g/mol. The molecule has 0 spiro atoms. The second kappa shape index (κ2) is 6.26. The van der Waals surface area contributed by atoms with Crippen LogP contribution in [0, 0.1) is 0 Å². The lowest BCUT2D eigenvalue weighted by Crippen LogP contribution is -2.59. The highest BCUT2D eigenvalue weighted by Crippen LogP contribution is 2.40. The molecule has 2 nitrogen and oxygen atoms in total. The molecule has 2 heterocycles. The molecule has 0 amide bonds. The van der Waals surface area contributed by atoms with Gasteiger partial charge in [-0.3, -0.25) is 0 Å². The van der Waals surface area contributed by atoms with Gasteiger partial charge in [-0.05, 0) is 63.6 Å². The Hall–Kier alpha value is -3.98. The Balaban J connectivity index is 1.56. The normalized spacial score (nSPS) is 13.3. The van der Waals surface area contributed by atoms with Gasteiger partial charge in [0.25, 0.3) is 6.71 Å². The van der Waals surface area contributed by atoms with Crippen LogP contribution >= 0.6 is 0 Å². The van der Waals surface area contributed by atoms with Crippen molar-refractivity contribution in [2.45, 2.75) is 0 Å². The van der Waals surface area contributed by atoms with Crippen LogP contribution in [0.3, 0.4) is 0 Å². The summed E-state index contributed by atoms with van der Waals surface area (Å²) in [7, 11) is 0. The maximum atomic E-state index is 6.50. The van der Waals surface area contributed by atoms with E-state index in [2.05, 4.69) is 114 Å². The highest BCUT2D eigenvalue weighted by Gasteiger charge is 2.41. The van der Waals surface area contributed by atoms with Crippen LogP contribution in [-0.4, -0.2) is 6.71 Å². The van der Waals surface area contributed by atoms with Gasteiger partial charge in [-0.2, -0.15) is 0 Å². The van der Waals surface area contributed by atoms with E-state index in [0.717, 1.165) is 17.2 Å². The molecule has 7 rings (SSSR count). The lowest BCUT2D eigenvalue weighted by molar-refractivity contribution is 0.488. The van der Waals surface area contributed by atoms with Gasteiger partial charge in [0.15, 0.2) is 0 Å².